The van der Waals surface area contributed by atoms with Crippen molar-refractivity contribution in [3.63, 3.8) is 0 Å². The second kappa shape index (κ2) is 7.28. The Bertz CT molecular complexity index is 620. The number of carbonyl (C=O) groups excluding carboxylic acids is 2. The van der Waals surface area contributed by atoms with Crippen LogP contribution in [0.4, 0.5) is 0 Å². The van der Waals surface area contributed by atoms with Crippen LogP contribution in [0.25, 0.3) is 0 Å². The summed E-state index contributed by atoms with van der Waals surface area (Å²) in [5, 5.41) is 1.46. The van der Waals surface area contributed by atoms with Crippen LogP contribution in [0.3, 0.4) is 0 Å². The Hall–Kier alpha value is -2.34. The third-order valence-corrected chi connectivity index (χ3v) is 3.47. The molecule has 1 heterocycles. The molecule has 0 aliphatic carbocycles. The lowest BCUT2D eigenvalue weighted by molar-refractivity contribution is -0.154. The van der Waals surface area contributed by atoms with E-state index in [-0.39, 0.29) is 24.5 Å². The molecule has 0 aromatic heterocycles. The molecule has 1 aliphatic heterocycles. The van der Waals surface area contributed by atoms with Gasteiger partial charge in [-0.05, 0) is 26.3 Å². The fourth-order valence-corrected chi connectivity index (χ4v) is 2.43. The minimum absolute atomic E-state index is 0.113. The number of likely N-dealkylation sites (N-methyl/N-ethyl adjacent to an activating group) is 1. The van der Waals surface area contributed by atoms with Gasteiger partial charge in [0.05, 0.1) is 13.2 Å². The summed E-state index contributed by atoms with van der Waals surface area (Å²) in [6, 6.07) is 7.15. The third kappa shape index (κ3) is 3.53. The number of rotatable bonds is 5. The maximum Gasteiger partial charge on any atom is 0.376 e. The maximum absolute atomic E-state index is 12.4. The first-order chi connectivity index (χ1) is 11.0. The van der Waals surface area contributed by atoms with Gasteiger partial charge in [-0.15, -0.1) is 5.06 Å². The van der Waals surface area contributed by atoms with Gasteiger partial charge in [0, 0.05) is 7.05 Å². The minimum Gasteiger partial charge on any atom is -0.462 e. The van der Waals surface area contributed by atoms with Crippen molar-refractivity contribution in [2.45, 2.75) is 26.8 Å². The molecular formula is C17H21NO5. The highest BCUT2D eigenvalue weighted by atomic mass is 16.7. The largest absolute Gasteiger partial charge is 0.462 e. The summed E-state index contributed by atoms with van der Waals surface area (Å²) in [7, 11) is 1.66. The maximum atomic E-state index is 12.4. The van der Waals surface area contributed by atoms with Crippen LogP contribution in [0.5, 0.6) is 0 Å². The number of carbonyl (C=O) groups is 2. The van der Waals surface area contributed by atoms with Crippen molar-refractivity contribution < 1.29 is 23.9 Å². The molecule has 0 bridgehead atoms. The normalized spacial score (nSPS) is 17.8. The first-order valence-corrected chi connectivity index (χ1v) is 7.55. The SMILES string of the molecule is CCOC(=O)C1=C(C(=O)OCC)C(c2ccc(C)cc2)N(C)O1. The highest BCUT2D eigenvalue weighted by molar-refractivity contribution is 6.00. The quantitative estimate of drug-likeness (QED) is 0.776. The summed E-state index contributed by atoms with van der Waals surface area (Å²) in [5.74, 6) is -1.36. The van der Waals surface area contributed by atoms with Crippen LogP contribution in [0.2, 0.25) is 0 Å². The highest BCUT2D eigenvalue weighted by Crippen LogP contribution is 2.38. The van der Waals surface area contributed by atoms with Crippen molar-refractivity contribution in [3.05, 3.63) is 46.7 Å². The number of aryl methyl sites for hydroxylation is 1. The van der Waals surface area contributed by atoms with E-state index in [4.69, 9.17) is 14.3 Å². The van der Waals surface area contributed by atoms with Gasteiger partial charge in [-0.25, -0.2) is 9.59 Å². The van der Waals surface area contributed by atoms with Crippen molar-refractivity contribution in [1.82, 2.24) is 5.06 Å². The van der Waals surface area contributed by atoms with Crippen LogP contribution in [-0.2, 0) is 23.9 Å². The van der Waals surface area contributed by atoms with E-state index in [0.717, 1.165) is 11.1 Å². The Balaban J connectivity index is 2.47. The zero-order valence-corrected chi connectivity index (χ0v) is 13.8. The summed E-state index contributed by atoms with van der Waals surface area (Å²) in [5.41, 5.74) is 2.10. The van der Waals surface area contributed by atoms with E-state index in [1.54, 1.807) is 20.9 Å². The second-order valence-electron chi connectivity index (χ2n) is 5.13. The molecule has 0 saturated carbocycles. The van der Waals surface area contributed by atoms with Crippen LogP contribution in [0, 0.1) is 6.92 Å². The predicted molar refractivity (Wildman–Crippen MR) is 83.1 cm³/mol. The molecule has 2 rings (SSSR count). The van der Waals surface area contributed by atoms with E-state index >= 15 is 0 Å². The van der Waals surface area contributed by atoms with Gasteiger partial charge < -0.3 is 14.3 Å². The fraction of sp³-hybridized carbons (Fsp3) is 0.412. The van der Waals surface area contributed by atoms with E-state index in [1.165, 1.54) is 5.06 Å². The third-order valence-electron chi connectivity index (χ3n) is 3.47. The van der Waals surface area contributed by atoms with Crippen molar-refractivity contribution in [3.8, 4) is 0 Å². The van der Waals surface area contributed by atoms with Crippen LogP contribution < -0.4 is 0 Å². The summed E-state index contributed by atoms with van der Waals surface area (Å²) in [6.45, 7) is 5.79. The first-order valence-electron chi connectivity index (χ1n) is 7.55. The summed E-state index contributed by atoms with van der Waals surface area (Å²) in [4.78, 5) is 30.0. The van der Waals surface area contributed by atoms with Gasteiger partial charge in [-0.2, -0.15) is 0 Å². The number of hydrogen-bond donors (Lipinski definition) is 0. The number of esters is 2. The van der Waals surface area contributed by atoms with E-state index in [2.05, 4.69) is 0 Å². The van der Waals surface area contributed by atoms with Crippen molar-refractivity contribution >= 4 is 11.9 Å². The molecule has 0 fully saturated rings. The van der Waals surface area contributed by atoms with Gasteiger partial charge in [0.2, 0.25) is 5.76 Å². The Morgan fingerprint density at radius 1 is 1.09 bits per heavy atom. The van der Waals surface area contributed by atoms with Crippen molar-refractivity contribution in [2.24, 2.45) is 0 Å². The van der Waals surface area contributed by atoms with Crippen LogP contribution in [-0.4, -0.2) is 37.3 Å². The lowest BCUT2D eigenvalue weighted by Gasteiger charge is -2.20. The van der Waals surface area contributed by atoms with Gasteiger partial charge in [0.15, 0.2) is 0 Å². The second-order valence-corrected chi connectivity index (χ2v) is 5.13. The number of benzene rings is 1. The Kier molecular flexibility index (Phi) is 5.39. The molecule has 1 unspecified atom stereocenters. The molecular weight excluding hydrogens is 298 g/mol. The molecule has 0 N–H and O–H groups in total. The number of hydroxylamine groups is 2. The molecule has 0 radical (unpaired) electrons. The molecule has 6 heteroatoms. The Morgan fingerprint density at radius 3 is 2.22 bits per heavy atom. The monoisotopic (exact) mass is 319 g/mol. The molecule has 1 aliphatic rings. The van der Waals surface area contributed by atoms with Gasteiger partial charge in [0.1, 0.15) is 11.6 Å². The zero-order chi connectivity index (χ0) is 17.0. The van der Waals surface area contributed by atoms with E-state index < -0.39 is 18.0 Å². The predicted octanol–water partition coefficient (Wildman–Crippen LogP) is 2.29. The number of nitrogens with zero attached hydrogens (tertiary/aromatic N) is 1. The lowest BCUT2D eigenvalue weighted by atomic mass is 9.97. The van der Waals surface area contributed by atoms with E-state index in [1.807, 2.05) is 31.2 Å². The van der Waals surface area contributed by atoms with Gasteiger partial charge in [-0.1, -0.05) is 29.8 Å². The zero-order valence-electron chi connectivity index (χ0n) is 13.8. The number of ether oxygens (including phenoxy) is 2. The summed E-state index contributed by atoms with van der Waals surface area (Å²) in [6.07, 6.45) is 0. The topological polar surface area (TPSA) is 65.1 Å². The molecule has 1 aromatic carbocycles. The molecule has 0 spiro atoms. The van der Waals surface area contributed by atoms with Gasteiger partial charge in [-0.3, -0.25) is 0 Å². The molecule has 0 saturated heterocycles. The molecule has 1 atom stereocenters. The molecule has 1 aromatic rings. The smallest absolute Gasteiger partial charge is 0.376 e. The fourth-order valence-electron chi connectivity index (χ4n) is 2.43. The van der Waals surface area contributed by atoms with Gasteiger partial charge >= 0.3 is 11.9 Å². The molecule has 23 heavy (non-hydrogen) atoms. The Labute approximate surface area is 135 Å². The molecule has 0 amide bonds. The average Bonchev–Trinajstić information content (AvgIpc) is 2.86. The first kappa shape index (κ1) is 17.0. The summed E-state index contributed by atoms with van der Waals surface area (Å²) < 4.78 is 10.1. The lowest BCUT2D eigenvalue weighted by Crippen LogP contribution is -2.22. The molecule has 124 valence electrons. The minimum atomic E-state index is -0.669. The van der Waals surface area contributed by atoms with Crippen molar-refractivity contribution in [1.29, 1.82) is 0 Å². The highest BCUT2D eigenvalue weighted by Gasteiger charge is 2.42. The molecule has 6 nitrogen and oxygen atoms in total. The number of hydrogen-bond acceptors (Lipinski definition) is 6. The van der Waals surface area contributed by atoms with E-state index in [0.29, 0.717) is 0 Å². The van der Waals surface area contributed by atoms with E-state index in [9.17, 15) is 9.59 Å². The van der Waals surface area contributed by atoms with Crippen LogP contribution in [0.1, 0.15) is 31.0 Å². The summed E-state index contributed by atoms with van der Waals surface area (Å²) >= 11 is 0. The van der Waals surface area contributed by atoms with Gasteiger partial charge in [0.25, 0.3) is 0 Å². The Morgan fingerprint density at radius 2 is 1.65 bits per heavy atom. The van der Waals surface area contributed by atoms with Crippen LogP contribution >= 0.6 is 0 Å². The van der Waals surface area contributed by atoms with Crippen molar-refractivity contribution in [2.75, 3.05) is 20.3 Å². The standard InChI is InChI=1S/C17H21NO5/c1-5-21-16(19)13-14(12-9-7-11(3)8-10-12)18(4)23-15(13)17(20)22-6-2/h7-10,14H,5-6H2,1-4H3. The van der Waals surface area contributed by atoms with Crippen LogP contribution in [0.15, 0.2) is 35.6 Å². The average molecular weight is 319 g/mol.